The van der Waals surface area contributed by atoms with Crippen molar-refractivity contribution in [3.63, 3.8) is 0 Å². The van der Waals surface area contributed by atoms with Crippen LogP contribution < -0.4 is 0 Å². The summed E-state index contributed by atoms with van der Waals surface area (Å²) in [6.45, 7) is 12.3. The first-order chi connectivity index (χ1) is 41.3. The predicted molar refractivity (Wildman–Crippen MR) is 362 cm³/mol. The molecule has 13 rings (SSSR count). The van der Waals surface area contributed by atoms with Crippen LogP contribution in [0.25, 0.3) is 109 Å². The van der Waals surface area contributed by atoms with Crippen LogP contribution >= 0.6 is 23.5 Å². The van der Waals surface area contributed by atoms with Gasteiger partial charge in [-0.25, -0.2) is 0 Å². The van der Waals surface area contributed by atoms with Crippen LogP contribution in [0.2, 0.25) is 0 Å². The van der Waals surface area contributed by atoms with E-state index in [2.05, 4.69) is 240 Å². The van der Waals surface area contributed by atoms with Gasteiger partial charge in [-0.1, -0.05) is 169 Å². The number of nitrogens with zero attached hydrogens (tertiary/aromatic N) is 4. The molecule has 8 heteroatoms. The molecule has 0 aliphatic heterocycles. The summed E-state index contributed by atoms with van der Waals surface area (Å²) >= 11 is 3.37. The molecule has 4 atom stereocenters. The van der Waals surface area contributed by atoms with Gasteiger partial charge in [0.1, 0.15) is 0 Å². The topological polar surface area (TPSA) is 60.2 Å². The normalized spacial score (nSPS) is 13.7. The summed E-state index contributed by atoms with van der Waals surface area (Å²) in [5, 5.41) is 33.6. The van der Waals surface area contributed by atoms with E-state index in [9.17, 15) is 10.2 Å². The highest BCUT2D eigenvalue weighted by molar-refractivity contribution is 8.00. The molecule has 0 aliphatic carbocycles. The fourth-order valence-electron chi connectivity index (χ4n) is 13.6. The second-order valence-electron chi connectivity index (χ2n) is 23.7. The number of thioether (sulfide) groups is 2. The second-order valence-corrected chi connectivity index (χ2v) is 25.9. The first-order valence-electron chi connectivity index (χ1n) is 31.0. The maximum absolute atomic E-state index is 11.8. The molecule has 0 fully saturated rings. The average molecular weight is 1140 g/mol. The van der Waals surface area contributed by atoms with Crippen LogP contribution in [-0.2, 0) is 26.2 Å². The zero-order valence-electron chi connectivity index (χ0n) is 49.2. The van der Waals surface area contributed by atoms with Gasteiger partial charge in [0.2, 0.25) is 0 Å². The monoisotopic (exact) mass is 1140 g/mol. The van der Waals surface area contributed by atoms with Gasteiger partial charge in [-0.3, -0.25) is 0 Å². The second kappa shape index (κ2) is 24.8. The maximum Gasteiger partial charge on any atom is 0.0813 e. The molecule has 0 bridgehead atoms. The number of aromatic nitrogens is 4. The number of benzene rings is 9. The number of fused-ring (bicyclic) bond motifs is 12. The largest absolute Gasteiger partial charge is 0.390 e. The maximum atomic E-state index is 11.8. The van der Waals surface area contributed by atoms with Gasteiger partial charge in [0.15, 0.2) is 0 Å². The van der Waals surface area contributed by atoms with Crippen LogP contribution in [0.3, 0.4) is 0 Å². The molecule has 426 valence electrons. The van der Waals surface area contributed by atoms with Gasteiger partial charge in [-0.15, -0.1) is 23.5 Å². The lowest BCUT2D eigenvalue weighted by molar-refractivity contribution is 0.181. The summed E-state index contributed by atoms with van der Waals surface area (Å²) < 4.78 is 9.75. The lowest BCUT2D eigenvalue weighted by Crippen LogP contribution is -2.18. The van der Waals surface area contributed by atoms with E-state index in [1.54, 1.807) is 23.5 Å². The Morgan fingerprint density at radius 2 is 0.619 bits per heavy atom. The number of hydrogen-bond donors (Lipinski definition) is 2. The molecule has 6 nitrogen and oxygen atoms in total. The Kier molecular flexibility index (Phi) is 16.5. The molecule has 0 amide bonds. The number of hydrogen-bond acceptors (Lipinski definition) is 4. The minimum atomic E-state index is -0.571. The molecule has 84 heavy (non-hydrogen) atoms. The predicted octanol–water partition coefficient (Wildman–Crippen LogP) is 20.2. The zero-order chi connectivity index (χ0) is 57.3. The lowest BCUT2D eigenvalue weighted by atomic mass is 9.99. The van der Waals surface area contributed by atoms with Crippen LogP contribution in [-0.4, -0.2) is 52.2 Å². The summed E-state index contributed by atoms with van der Waals surface area (Å²) in [5.41, 5.74) is 14.6. The Hall–Kier alpha value is -7.20. The van der Waals surface area contributed by atoms with E-state index in [4.69, 9.17) is 0 Å². The van der Waals surface area contributed by atoms with E-state index in [1.165, 1.54) is 139 Å². The van der Waals surface area contributed by atoms with Gasteiger partial charge < -0.3 is 28.5 Å². The standard InChI is InChI=1S/C76H78N4O2S2/c1-5-9-20-51(7-3)45-77-69-28-15-11-24-61(69)65-40-53(32-36-73(65)77)55-34-38-75-67(42-55)63-26-13-17-30-71(63)79(75)47-57(81)49-83-59-22-19-23-60(44-59)84-50-58(82)48-80-72-31-18-14-27-64(72)68-43-56(35-39-76(68)80)54-33-37-74-66(41-54)62-25-12-16-29-70(62)78(74)46-52(8-4)21-10-6-2/h11-19,22-44,51-52,57-58,81-82H,5-10,20-21,45-50H2,1-4H3. The average Bonchev–Trinajstić information content (AvgIpc) is 2.60. The van der Waals surface area contributed by atoms with Gasteiger partial charge in [-0.05, 0) is 138 Å². The highest BCUT2D eigenvalue weighted by Gasteiger charge is 2.21. The number of aliphatic hydroxyl groups is 2. The fourth-order valence-corrected chi connectivity index (χ4v) is 15.5. The van der Waals surface area contributed by atoms with E-state index in [0.717, 1.165) is 44.9 Å². The van der Waals surface area contributed by atoms with E-state index in [1.807, 2.05) is 0 Å². The molecule has 9 aromatic carbocycles. The van der Waals surface area contributed by atoms with Gasteiger partial charge >= 0.3 is 0 Å². The van der Waals surface area contributed by atoms with E-state index >= 15 is 0 Å². The third-order valence-electron chi connectivity index (χ3n) is 18.2. The summed E-state index contributed by atoms with van der Waals surface area (Å²) in [5.74, 6) is 2.44. The number of rotatable bonds is 24. The van der Waals surface area contributed by atoms with Crippen molar-refractivity contribution in [2.75, 3.05) is 11.5 Å². The van der Waals surface area contributed by atoms with Crippen LogP contribution in [0, 0.1) is 11.8 Å². The lowest BCUT2D eigenvalue weighted by Gasteiger charge is -2.17. The van der Waals surface area contributed by atoms with E-state index in [0.29, 0.717) is 36.4 Å². The van der Waals surface area contributed by atoms with Crippen molar-refractivity contribution in [2.24, 2.45) is 11.8 Å². The van der Waals surface area contributed by atoms with Crippen molar-refractivity contribution in [1.29, 1.82) is 0 Å². The molecule has 0 saturated carbocycles. The van der Waals surface area contributed by atoms with E-state index < -0.39 is 12.2 Å². The molecular formula is C76H78N4O2S2. The highest BCUT2D eigenvalue weighted by atomic mass is 32.2. The number of para-hydroxylation sites is 4. The number of aliphatic hydroxyl groups excluding tert-OH is 2. The molecule has 4 heterocycles. The first-order valence-corrected chi connectivity index (χ1v) is 33.0. The Morgan fingerprint density at radius 3 is 0.929 bits per heavy atom. The Morgan fingerprint density at radius 1 is 0.321 bits per heavy atom. The van der Waals surface area contributed by atoms with Crippen molar-refractivity contribution >= 4 is 111 Å². The molecule has 0 saturated heterocycles. The molecular weight excluding hydrogens is 1060 g/mol. The van der Waals surface area contributed by atoms with Crippen LogP contribution in [0.5, 0.6) is 0 Å². The summed E-state index contributed by atoms with van der Waals surface area (Å²) in [6, 6.07) is 71.5. The van der Waals surface area contributed by atoms with Gasteiger partial charge in [0.25, 0.3) is 0 Å². The summed E-state index contributed by atoms with van der Waals surface area (Å²) in [6.07, 6.45) is 8.81. The minimum absolute atomic E-state index is 0.490. The zero-order valence-corrected chi connectivity index (χ0v) is 50.8. The van der Waals surface area contributed by atoms with Gasteiger partial charge in [0, 0.05) is 135 Å². The Balaban J connectivity index is 0.679. The summed E-state index contributed by atoms with van der Waals surface area (Å²) in [4.78, 5) is 2.22. The van der Waals surface area contributed by atoms with Crippen molar-refractivity contribution in [3.05, 3.63) is 194 Å². The number of unbranched alkanes of at least 4 members (excludes halogenated alkanes) is 2. The third-order valence-corrected chi connectivity index (χ3v) is 20.5. The highest BCUT2D eigenvalue weighted by Crippen LogP contribution is 2.40. The molecule has 0 aliphatic rings. The third kappa shape index (κ3) is 11.0. The Labute approximate surface area is 503 Å². The van der Waals surface area contributed by atoms with Crippen molar-refractivity contribution < 1.29 is 10.2 Å². The van der Waals surface area contributed by atoms with E-state index in [-0.39, 0.29) is 0 Å². The smallest absolute Gasteiger partial charge is 0.0813 e. The fraction of sp³-hybridized carbons (Fsp3) is 0.289. The van der Waals surface area contributed by atoms with Crippen molar-refractivity contribution in [2.45, 2.75) is 127 Å². The van der Waals surface area contributed by atoms with Crippen LogP contribution in [0.4, 0.5) is 0 Å². The van der Waals surface area contributed by atoms with Crippen molar-refractivity contribution in [3.8, 4) is 22.3 Å². The van der Waals surface area contributed by atoms with Crippen LogP contribution in [0.1, 0.15) is 79.1 Å². The molecule has 4 aromatic heterocycles. The first kappa shape index (κ1) is 56.0. The molecule has 0 radical (unpaired) electrons. The molecule has 0 spiro atoms. The molecule has 13 aromatic rings. The minimum Gasteiger partial charge on any atom is -0.390 e. The quantitative estimate of drug-likeness (QED) is 0.0592. The SMILES string of the molecule is CCCCC(CC)Cn1c2ccccc2c2cc(-c3ccc4c(c3)c3ccccc3n4CC(O)CSc3cccc(SCC(O)Cn4c5ccccc5c5cc(-c6ccc7c(c6)c6ccccc6n7CC(CC)CCCC)ccc54)c3)ccc21. The molecule has 2 N–H and O–H groups in total. The summed E-state index contributed by atoms with van der Waals surface area (Å²) in [7, 11) is 0. The van der Waals surface area contributed by atoms with Crippen molar-refractivity contribution in [1.82, 2.24) is 18.3 Å². The van der Waals surface area contributed by atoms with Crippen LogP contribution in [0.15, 0.2) is 204 Å². The molecule has 4 unspecified atom stereocenters. The van der Waals surface area contributed by atoms with Gasteiger partial charge in [-0.2, -0.15) is 0 Å². The Bertz CT molecular complexity index is 4200. The van der Waals surface area contributed by atoms with Gasteiger partial charge in [0.05, 0.1) is 12.2 Å².